The zero-order valence-corrected chi connectivity index (χ0v) is 8.27. The van der Waals surface area contributed by atoms with Gasteiger partial charge in [-0.25, -0.2) is 15.1 Å². The molecule has 4 nitrogen and oxygen atoms in total. The molecule has 1 N–H and O–H groups in total. The van der Waals surface area contributed by atoms with E-state index in [1.54, 1.807) is 6.20 Å². The molecule has 0 amide bonds. The maximum atomic E-state index is 5.23. The summed E-state index contributed by atoms with van der Waals surface area (Å²) in [5.41, 5.74) is 3.30. The first-order chi connectivity index (χ1) is 7.92. The van der Waals surface area contributed by atoms with Gasteiger partial charge in [0.1, 0.15) is 5.52 Å². The van der Waals surface area contributed by atoms with Gasteiger partial charge < -0.3 is 4.52 Å². The van der Waals surface area contributed by atoms with Crippen LogP contribution < -0.4 is 0 Å². The molecule has 76 valence electrons. The molecule has 16 heavy (non-hydrogen) atoms. The molecule has 0 atom stereocenters. The molecule has 4 rings (SSSR count). The van der Waals surface area contributed by atoms with Crippen LogP contribution in [0.3, 0.4) is 0 Å². The van der Waals surface area contributed by atoms with Gasteiger partial charge in [-0.1, -0.05) is 18.2 Å². The van der Waals surface area contributed by atoms with E-state index in [0.29, 0.717) is 0 Å². The monoisotopic (exact) mass is 209 g/mol. The van der Waals surface area contributed by atoms with E-state index in [1.807, 2.05) is 30.3 Å². The third kappa shape index (κ3) is 0.883. The van der Waals surface area contributed by atoms with Gasteiger partial charge in [-0.05, 0) is 12.1 Å². The fraction of sp³-hybridized carbons (Fsp3) is 0. The Labute approximate surface area is 89.9 Å². The van der Waals surface area contributed by atoms with Crippen molar-refractivity contribution in [3.8, 4) is 0 Å². The van der Waals surface area contributed by atoms with Crippen molar-refractivity contribution in [3.05, 3.63) is 36.5 Å². The average molecular weight is 209 g/mol. The zero-order chi connectivity index (χ0) is 10.5. The van der Waals surface area contributed by atoms with Crippen LogP contribution in [0.5, 0.6) is 0 Å². The molecule has 0 aliphatic heterocycles. The van der Waals surface area contributed by atoms with Crippen LogP contribution >= 0.6 is 0 Å². The summed E-state index contributed by atoms with van der Waals surface area (Å²) < 4.78 is 5.23. The number of aromatic amines is 1. The minimum Gasteiger partial charge on any atom is -0.380 e. The summed E-state index contributed by atoms with van der Waals surface area (Å²) in [5.74, 6) is 0. The first-order valence-electron chi connectivity index (χ1n) is 5.03. The summed E-state index contributed by atoms with van der Waals surface area (Å²) in [4.78, 5) is 8.92. The number of fused-ring (bicyclic) bond motifs is 4. The van der Waals surface area contributed by atoms with Crippen LogP contribution in [0.1, 0.15) is 0 Å². The van der Waals surface area contributed by atoms with Crippen molar-refractivity contribution in [2.75, 3.05) is 0 Å². The summed E-state index contributed by atoms with van der Waals surface area (Å²) in [5, 5.41) is 4.83. The topological polar surface area (TPSA) is 54.7 Å². The maximum absolute atomic E-state index is 5.23. The quantitative estimate of drug-likeness (QED) is 0.484. The van der Waals surface area contributed by atoms with Gasteiger partial charge in [0.15, 0.2) is 11.2 Å². The van der Waals surface area contributed by atoms with E-state index in [-0.39, 0.29) is 0 Å². The predicted molar refractivity (Wildman–Crippen MR) is 61.2 cm³/mol. The van der Waals surface area contributed by atoms with E-state index in [4.69, 9.17) is 4.52 Å². The van der Waals surface area contributed by atoms with Crippen LogP contribution in [0, 0.1) is 0 Å². The molecule has 0 aliphatic carbocycles. The predicted octanol–water partition coefficient (Wildman–Crippen LogP) is 2.86. The molecule has 0 unspecified atom stereocenters. The van der Waals surface area contributed by atoms with Crippen molar-refractivity contribution in [1.82, 2.24) is 15.1 Å². The van der Waals surface area contributed by atoms with Crippen LogP contribution in [-0.2, 0) is 0 Å². The lowest BCUT2D eigenvalue weighted by atomic mass is 10.2. The minimum atomic E-state index is 0.755. The molecule has 0 bridgehead atoms. The number of benzene rings is 1. The smallest absolute Gasteiger partial charge is 0.183 e. The van der Waals surface area contributed by atoms with Gasteiger partial charge in [0.2, 0.25) is 0 Å². The Kier molecular flexibility index (Phi) is 1.28. The number of aromatic nitrogens is 3. The Morgan fingerprint density at radius 3 is 2.88 bits per heavy atom. The van der Waals surface area contributed by atoms with Crippen LogP contribution in [0.25, 0.3) is 33.0 Å². The first kappa shape index (κ1) is 7.87. The molecule has 4 aromatic rings. The third-order valence-corrected chi connectivity index (χ3v) is 2.78. The maximum Gasteiger partial charge on any atom is 0.183 e. The molecule has 0 radical (unpaired) electrons. The standard InChI is InChI=1S/C12H7N3O/c1-2-4-9-7(3-1)8-5-11-10(6-13-16-11)15-12(8)14-9/h1-6,13H. The zero-order valence-electron chi connectivity index (χ0n) is 8.27. The molecule has 0 saturated heterocycles. The lowest BCUT2D eigenvalue weighted by Crippen LogP contribution is -1.75. The summed E-state index contributed by atoms with van der Waals surface area (Å²) in [7, 11) is 0. The summed E-state index contributed by atoms with van der Waals surface area (Å²) in [6.07, 6.45) is 1.73. The van der Waals surface area contributed by atoms with Gasteiger partial charge in [0.05, 0.1) is 11.7 Å². The molecule has 3 aromatic heterocycles. The number of H-pyrrole nitrogens is 1. The van der Waals surface area contributed by atoms with Gasteiger partial charge >= 0.3 is 0 Å². The highest BCUT2D eigenvalue weighted by Crippen LogP contribution is 2.26. The SMILES string of the molecule is c1ccc2c(c1)nc1nc3c[nH]oc3cc12. The van der Waals surface area contributed by atoms with Crippen molar-refractivity contribution in [2.45, 2.75) is 0 Å². The number of pyridine rings is 1. The van der Waals surface area contributed by atoms with Crippen LogP contribution in [0.15, 0.2) is 41.1 Å². The summed E-state index contributed by atoms with van der Waals surface area (Å²) in [6, 6.07) is 9.99. The largest absolute Gasteiger partial charge is 0.380 e. The fourth-order valence-electron chi connectivity index (χ4n) is 2.03. The van der Waals surface area contributed by atoms with E-state index in [1.165, 1.54) is 0 Å². The van der Waals surface area contributed by atoms with E-state index in [0.717, 1.165) is 33.0 Å². The van der Waals surface area contributed by atoms with Gasteiger partial charge in [0.25, 0.3) is 0 Å². The Bertz CT molecular complexity index is 813. The molecule has 4 heteroatoms. The van der Waals surface area contributed by atoms with Crippen molar-refractivity contribution in [1.29, 1.82) is 0 Å². The fourth-order valence-corrected chi connectivity index (χ4v) is 2.03. The number of hydrogen-bond donors (Lipinski definition) is 1. The second-order valence-corrected chi connectivity index (χ2v) is 3.74. The van der Waals surface area contributed by atoms with E-state index >= 15 is 0 Å². The number of hydrogen-bond acceptors (Lipinski definition) is 3. The number of nitrogens with zero attached hydrogens (tertiary/aromatic N) is 2. The van der Waals surface area contributed by atoms with Crippen molar-refractivity contribution < 1.29 is 4.52 Å². The van der Waals surface area contributed by atoms with Gasteiger partial charge in [-0.3, -0.25) is 0 Å². The average Bonchev–Trinajstić information content (AvgIpc) is 2.88. The Morgan fingerprint density at radius 1 is 1.00 bits per heavy atom. The van der Waals surface area contributed by atoms with Crippen molar-refractivity contribution in [3.63, 3.8) is 0 Å². The van der Waals surface area contributed by atoms with Crippen molar-refractivity contribution >= 4 is 33.0 Å². The Morgan fingerprint density at radius 2 is 1.88 bits per heavy atom. The lowest BCUT2D eigenvalue weighted by molar-refractivity contribution is 0.456. The highest BCUT2D eigenvalue weighted by atomic mass is 16.5. The normalized spacial score (nSPS) is 11.8. The second-order valence-electron chi connectivity index (χ2n) is 3.74. The molecule has 3 heterocycles. The number of rotatable bonds is 0. The van der Waals surface area contributed by atoms with Crippen LogP contribution in [0.2, 0.25) is 0 Å². The van der Waals surface area contributed by atoms with Gasteiger partial charge in [-0.2, -0.15) is 0 Å². The lowest BCUT2D eigenvalue weighted by Gasteiger charge is -1.89. The molecule has 0 aliphatic rings. The van der Waals surface area contributed by atoms with Crippen LogP contribution in [0.4, 0.5) is 0 Å². The van der Waals surface area contributed by atoms with Gasteiger partial charge in [-0.15, -0.1) is 0 Å². The number of nitrogens with one attached hydrogen (secondary N) is 1. The molecular formula is C12H7N3O. The molecule has 1 aromatic carbocycles. The highest BCUT2D eigenvalue weighted by Gasteiger charge is 2.09. The van der Waals surface area contributed by atoms with E-state index in [2.05, 4.69) is 15.1 Å². The second kappa shape index (κ2) is 2.61. The third-order valence-electron chi connectivity index (χ3n) is 2.78. The number of para-hydroxylation sites is 1. The minimum absolute atomic E-state index is 0.755. The Balaban J connectivity index is 2.32. The first-order valence-corrected chi connectivity index (χ1v) is 5.03. The van der Waals surface area contributed by atoms with E-state index in [9.17, 15) is 0 Å². The molecule has 0 spiro atoms. The van der Waals surface area contributed by atoms with Gasteiger partial charge in [0, 0.05) is 10.8 Å². The Hall–Kier alpha value is -2.36. The molecule has 0 fully saturated rings. The molecular weight excluding hydrogens is 202 g/mol. The summed E-state index contributed by atoms with van der Waals surface area (Å²) in [6.45, 7) is 0. The van der Waals surface area contributed by atoms with E-state index < -0.39 is 0 Å². The summed E-state index contributed by atoms with van der Waals surface area (Å²) >= 11 is 0. The van der Waals surface area contributed by atoms with Crippen LogP contribution in [-0.4, -0.2) is 15.1 Å². The molecule has 0 saturated carbocycles. The van der Waals surface area contributed by atoms with Crippen molar-refractivity contribution in [2.24, 2.45) is 0 Å². The highest BCUT2D eigenvalue weighted by molar-refractivity contribution is 6.08.